The van der Waals surface area contributed by atoms with Gasteiger partial charge in [-0.05, 0) is 20.0 Å². The highest BCUT2D eigenvalue weighted by atomic mass is 15.3. The first kappa shape index (κ1) is 8.48. The molecular weight excluding hydrogens is 150 g/mol. The molecule has 0 aromatic heterocycles. The van der Waals surface area contributed by atoms with E-state index >= 15 is 0 Å². The maximum atomic E-state index is 3.23. The lowest BCUT2D eigenvalue weighted by Crippen LogP contribution is -2.61. The van der Waals surface area contributed by atoms with Gasteiger partial charge in [0.1, 0.15) is 0 Å². The molecule has 0 aromatic carbocycles. The van der Waals surface area contributed by atoms with E-state index in [4.69, 9.17) is 0 Å². The lowest BCUT2D eigenvalue weighted by molar-refractivity contribution is 0.0103. The summed E-state index contributed by atoms with van der Waals surface area (Å²) in [5, 5.41) is 3.23. The van der Waals surface area contributed by atoms with E-state index in [9.17, 15) is 0 Å². The van der Waals surface area contributed by atoms with Gasteiger partial charge in [-0.25, -0.2) is 0 Å². The molecule has 2 bridgehead atoms. The fourth-order valence-electron chi connectivity index (χ4n) is 2.31. The average molecular weight is 169 g/mol. The smallest absolute Gasteiger partial charge is 0.0236 e. The highest BCUT2D eigenvalue weighted by molar-refractivity contribution is 4.87. The zero-order valence-electron chi connectivity index (χ0n) is 7.92. The van der Waals surface area contributed by atoms with Crippen molar-refractivity contribution >= 4 is 0 Å². The van der Waals surface area contributed by atoms with E-state index in [0.29, 0.717) is 0 Å². The second kappa shape index (κ2) is 3.73. The number of nitrogens with one attached hydrogen (secondary N) is 1. The average Bonchev–Trinajstić information content (AvgIpc) is 2.17. The molecule has 0 spiro atoms. The third-order valence-electron chi connectivity index (χ3n) is 3.12. The molecule has 1 N–H and O–H groups in total. The molecule has 3 heteroatoms. The van der Waals surface area contributed by atoms with Crippen LogP contribution in [0.25, 0.3) is 0 Å². The summed E-state index contributed by atoms with van der Waals surface area (Å²) < 4.78 is 0. The molecule has 3 aliphatic heterocycles. The van der Waals surface area contributed by atoms with Crippen LogP contribution in [0, 0.1) is 0 Å². The highest BCUT2D eigenvalue weighted by Gasteiger charge is 2.30. The van der Waals surface area contributed by atoms with Crippen LogP contribution in [0.3, 0.4) is 0 Å². The third-order valence-corrected chi connectivity index (χ3v) is 3.12. The van der Waals surface area contributed by atoms with Crippen LogP contribution in [0.5, 0.6) is 0 Å². The van der Waals surface area contributed by atoms with Crippen molar-refractivity contribution in [1.29, 1.82) is 0 Å². The number of hydrogen-bond acceptors (Lipinski definition) is 3. The Bertz CT molecular complexity index is 141. The Morgan fingerprint density at radius 2 is 2.00 bits per heavy atom. The molecular formula is C9H19N3. The van der Waals surface area contributed by atoms with Crippen LogP contribution < -0.4 is 5.32 Å². The van der Waals surface area contributed by atoms with E-state index in [0.717, 1.165) is 12.6 Å². The Balaban J connectivity index is 1.82. The van der Waals surface area contributed by atoms with E-state index in [2.05, 4.69) is 15.1 Å². The summed E-state index contributed by atoms with van der Waals surface area (Å²) in [6, 6.07) is 0.833. The molecule has 12 heavy (non-hydrogen) atoms. The van der Waals surface area contributed by atoms with Gasteiger partial charge in [0.15, 0.2) is 0 Å². The summed E-state index contributed by atoms with van der Waals surface area (Å²) in [4.78, 5) is 5.25. The minimum absolute atomic E-state index is 0.833. The molecule has 3 heterocycles. The fourth-order valence-corrected chi connectivity index (χ4v) is 2.31. The molecule has 3 rings (SSSR count). The van der Waals surface area contributed by atoms with Gasteiger partial charge in [-0.3, -0.25) is 9.80 Å². The standard InChI is InChI=1S/C9H19N3/c1-10-3-2-9-8-11-4-6-12(9)7-5-11/h9-10H,2-8H2,1H3. The van der Waals surface area contributed by atoms with Gasteiger partial charge >= 0.3 is 0 Å². The zero-order chi connectivity index (χ0) is 8.39. The van der Waals surface area contributed by atoms with Gasteiger partial charge in [-0.2, -0.15) is 0 Å². The molecule has 3 fully saturated rings. The molecule has 0 saturated carbocycles. The molecule has 0 amide bonds. The number of rotatable bonds is 3. The molecule has 1 unspecified atom stereocenters. The Morgan fingerprint density at radius 3 is 2.50 bits per heavy atom. The normalized spacial score (nSPS) is 40.2. The van der Waals surface area contributed by atoms with Crippen LogP contribution in [0.15, 0.2) is 0 Å². The molecule has 0 aromatic rings. The quantitative estimate of drug-likeness (QED) is 0.620. The van der Waals surface area contributed by atoms with Gasteiger partial charge in [0.25, 0.3) is 0 Å². The van der Waals surface area contributed by atoms with Crippen LogP contribution in [-0.4, -0.2) is 62.2 Å². The fraction of sp³-hybridized carbons (Fsp3) is 1.00. The van der Waals surface area contributed by atoms with Crippen LogP contribution in [0.1, 0.15) is 6.42 Å². The summed E-state index contributed by atoms with van der Waals surface area (Å²) >= 11 is 0. The maximum absolute atomic E-state index is 3.23. The van der Waals surface area contributed by atoms with E-state index in [1.54, 1.807) is 0 Å². The second-order valence-corrected chi connectivity index (χ2v) is 3.88. The summed E-state index contributed by atoms with van der Waals surface area (Å²) in [6.45, 7) is 7.67. The van der Waals surface area contributed by atoms with Crippen molar-refractivity contribution < 1.29 is 0 Å². The maximum Gasteiger partial charge on any atom is 0.0236 e. The molecule has 0 aliphatic carbocycles. The lowest BCUT2D eigenvalue weighted by atomic mass is 10.1. The van der Waals surface area contributed by atoms with Gasteiger partial charge in [0.2, 0.25) is 0 Å². The lowest BCUT2D eigenvalue weighted by Gasteiger charge is -2.47. The predicted molar refractivity (Wildman–Crippen MR) is 50.3 cm³/mol. The summed E-state index contributed by atoms with van der Waals surface area (Å²) in [5.74, 6) is 0. The van der Waals surface area contributed by atoms with Crippen LogP contribution >= 0.6 is 0 Å². The summed E-state index contributed by atoms with van der Waals surface area (Å²) in [5.41, 5.74) is 0. The first-order valence-corrected chi connectivity index (χ1v) is 5.01. The van der Waals surface area contributed by atoms with Gasteiger partial charge in [0, 0.05) is 38.8 Å². The second-order valence-electron chi connectivity index (χ2n) is 3.88. The number of nitrogens with zero attached hydrogens (tertiary/aromatic N) is 2. The minimum Gasteiger partial charge on any atom is -0.320 e. The van der Waals surface area contributed by atoms with Crippen molar-refractivity contribution in [2.24, 2.45) is 0 Å². The molecule has 0 radical (unpaired) electrons. The summed E-state index contributed by atoms with van der Waals surface area (Å²) in [6.07, 6.45) is 1.31. The Kier molecular flexibility index (Phi) is 2.63. The van der Waals surface area contributed by atoms with Gasteiger partial charge < -0.3 is 5.32 Å². The van der Waals surface area contributed by atoms with E-state index in [1.807, 2.05) is 7.05 Å². The molecule has 3 aliphatic rings. The van der Waals surface area contributed by atoms with Crippen molar-refractivity contribution in [2.75, 3.05) is 46.3 Å². The third kappa shape index (κ3) is 1.63. The van der Waals surface area contributed by atoms with E-state index in [-0.39, 0.29) is 0 Å². The van der Waals surface area contributed by atoms with Gasteiger partial charge in [-0.1, -0.05) is 0 Å². The molecule has 70 valence electrons. The molecule has 3 saturated heterocycles. The summed E-state index contributed by atoms with van der Waals surface area (Å²) in [7, 11) is 2.04. The van der Waals surface area contributed by atoms with Gasteiger partial charge in [-0.15, -0.1) is 0 Å². The Labute approximate surface area is 74.7 Å². The molecule has 3 nitrogen and oxygen atoms in total. The van der Waals surface area contributed by atoms with Crippen LogP contribution in [-0.2, 0) is 0 Å². The topological polar surface area (TPSA) is 18.5 Å². The van der Waals surface area contributed by atoms with Crippen LogP contribution in [0.2, 0.25) is 0 Å². The van der Waals surface area contributed by atoms with Gasteiger partial charge in [0.05, 0.1) is 0 Å². The minimum atomic E-state index is 0.833. The monoisotopic (exact) mass is 169 g/mol. The highest BCUT2D eigenvalue weighted by Crippen LogP contribution is 2.17. The van der Waals surface area contributed by atoms with Crippen molar-refractivity contribution in [1.82, 2.24) is 15.1 Å². The Hall–Kier alpha value is -0.120. The van der Waals surface area contributed by atoms with Crippen molar-refractivity contribution in [3.63, 3.8) is 0 Å². The SMILES string of the molecule is CNCCC1CN2CCN1CC2. The number of hydrogen-bond donors (Lipinski definition) is 1. The largest absolute Gasteiger partial charge is 0.320 e. The zero-order valence-corrected chi connectivity index (χ0v) is 7.92. The predicted octanol–water partition coefficient (Wildman–Crippen LogP) is -0.404. The van der Waals surface area contributed by atoms with Crippen LogP contribution in [0.4, 0.5) is 0 Å². The van der Waals surface area contributed by atoms with Crippen molar-refractivity contribution in [3.05, 3.63) is 0 Å². The Morgan fingerprint density at radius 1 is 1.25 bits per heavy atom. The number of fused-ring (bicyclic) bond motifs is 3. The van der Waals surface area contributed by atoms with E-state index < -0.39 is 0 Å². The van der Waals surface area contributed by atoms with Crippen molar-refractivity contribution in [2.45, 2.75) is 12.5 Å². The van der Waals surface area contributed by atoms with E-state index in [1.165, 1.54) is 39.1 Å². The number of piperazine rings is 3. The molecule has 1 atom stereocenters. The van der Waals surface area contributed by atoms with Crippen molar-refractivity contribution in [3.8, 4) is 0 Å². The first-order chi connectivity index (χ1) is 5.90. The first-order valence-electron chi connectivity index (χ1n) is 5.01.